The molecule has 0 saturated heterocycles. The Morgan fingerprint density at radius 1 is 1.09 bits per heavy atom. The number of Topliss-reactive ketones (excluding diaryl/α,β-unsaturated/α-hetero) is 1. The number of hydrogen-bond donors (Lipinski definition) is 0. The zero-order valence-electron chi connectivity index (χ0n) is 13.6. The molecular formula is C19H26Br2O. The second-order valence-electron chi connectivity index (χ2n) is 8.66. The molecule has 22 heavy (non-hydrogen) atoms. The fraction of sp³-hybridized carbons (Fsp3) is 0.842. The van der Waals surface area contributed by atoms with Gasteiger partial charge in [-0.2, -0.15) is 0 Å². The second kappa shape index (κ2) is 4.94. The van der Waals surface area contributed by atoms with Crippen LogP contribution in [0.3, 0.4) is 0 Å². The highest BCUT2D eigenvalue weighted by Gasteiger charge is 2.64. The van der Waals surface area contributed by atoms with E-state index >= 15 is 0 Å². The summed E-state index contributed by atoms with van der Waals surface area (Å²) in [6.45, 7) is 4.77. The fourth-order valence-electron chi connectivity index (χ4n) is 6.46. The van der Waals surface area contributed by atoms with Crippen molar-refractivity contribution in [2.75, 3.05) is 0 Å². The van der Waals surface area contributed by atoms with E-state index in [9.17, 15) is 4.79 Å². The lowest BCUT2D eigenvalue weighted by Gasteiger charge is -2.56. The molecule has 4 aliphatic rings. The standard InChI is InChI=1S/C19H26Br2O/c1-17-9-4-3-5-12(17)6-7-13-14(17)8-10-18(2)15(13)11-19(20,21)16(18)22/h6,13-15H,3-5,7-11H2,1-2H3/t13-,14+,15+,17+,18+/m1/s1. The van der Waals surface area contributed by atoms with E-state index in [2.05, 4.69) is 51.8 Å². The summed E-state index contributed by atoms with van der Waals surface area (Å²) in [6, 6.07) is 0. The second-order valence-corrected chi connectivity index (χ2v) is 12.4. The van der Waals surface area contributed by atoms with Crippen molar-refractivity contribution in [1.82, 2.24) is 0 Å². The molecule has 0 aromatic heterocycles. The van der Waals surface area contributed by atoms with Crippen LogP contribution in [0.15, 0.2) is 11.6 Å². The smallest absolute Gasteiger partial charge is 0.166 e. The molecule has 0 heterocycles. The van der Waals surface area contributed by atoms with Gasteiger partial charge in [0.25, 0.3) is 0 Å². The van der Waals surface area contributed by atoms with Gasteiger partial charge < -0.3 is 0 Å². The van der Waals surface area contributed by atoms with Gasteiger partial charge in [-0.25, -0.2) is 0 Å². The molecule has 0 N–H and O–H groups in total. The molecule has 4 rings (SSSR count). The number of carbonyl (C=O) groups is 1. The Hall–Kier alpha value is 0.370. The first-order chi connectivity index (χ1) is 10.3. The van der Waals surface area contributed by atoms with Gasteiger partial charge in [0.1, 0.15) is 3.23 Å². The van der Waals surface area contributed by atoms with Crippen LogP contribution in [0.2, 0.25) is 0 Å². The number of allylic oxidation sites excluding steroid dienone is 2. The zero-order chi connectivity index (χ0) is 15.8. The van der Waals surface area contributed by atoms with Crippen molar-refractivity contribution in [1.29, 1.82) is 0 Å². The summed E-state index contributed by atoms with van der Waals surface area (Å²) in [6.07, 6.45) is 12.5. The molecule has 0 aromatic carbocycles. The molecule has 0 bridgehead atoms. The van der Waals surface area contributed by atoms with Crippen LogP contribution in [-0.2, 0) is 4.79 Å². The number of halogens is 2. The van der Waals surface area contributed by atoms with Crippen molar-refractivity contribution < 1.29 is 4.79 Å². The summed E-state index contributed by atoms with van der Waals surface area (Å²) in [7, 11) is 0. The van der Waals surface area contributed by atoms with Crippen molar-refractivity contribution in [2.45, 2.75) is 68.4 Å². The molecule has 0 aromatic rings. The van der Waals surface area contributed by atoms with E-state index in [1.54, 1.807) is 5.57 Å². The topological polar surface area (TPSA) is 17.1 Å². The Morgan fingerprint density at radius 3 is 2.64 bits per heavy atom. The highest BCUT2D eigenvalue weighted by atomic mass is 79.9. The van der Waals surface area contributed by atoms with Gasteiger partial charge in [0, 0.05) is 5.41 Å². The van der Waals surface area contributed by atoms with E-state index in [1.807, 2.05) is 0 Å². The fourth-order valence-corrected chi connectivity index (χ4v) is 8.07. The molecule has 3 fully saturated rings. The van der Waals surface area contributed by atoms with E-state index in [4.69, 9.17) is 0 Å². The zero-order valence-corrected chi connectivity index (χ0v) is 16.8. The van der Waals surface area contributed by atoms with Gasteiger partial charge in [-0.05, 0) is 68.1 Å². The molecule has 1 nitrogen and oxygen atoms in total. The summed E-state index contributed by atoms with van der Waals surface area (Å²) in [4.78, 5) is 12.9. The minimum absolute atomic E-state index is 0.120. The molecule has 0 spiro atoms. The first-order valence-electron chi connectivity index (χ1n) is 8.91. The highest BCUT2D eigenvalue weighted by molar-refractivity contribution is 9.26. The summed E-state index contributed by atoms with van der Waals surface area (Å²) in [5.41, 5.74) is 2.05. The Kier molecular flexibility index (Phi) is 3.56. The average molecular weight is 430 g/mol. The third-order valence-electron chi connectivity index (χ3n) is 7.73. The number of rotatable bonds is 0. The van der Waals surface area contributed by atoms with E-state index in [1.165, 1.54) is 38.5 Å². The Labute approximate surface area is 150 Å². The molecule has 0 radical (unpaired) electrons. The molecule has 0 unspecified atom stereocenters. The quantitative estimate of drug-likeness (QED) is 0.340. The van der Waals surface area contributed by atoms with Crippen molar-refractivity contribution in [3.63, 3.8) is 0 Å². The number of ketones is 1. The lowest BCUT2D eigenvalue weighted by atomic mass is 9.48. The Bertz CT molecular complexity index is 552. The van der Waals surface area contributed by atoms with Gasteiger partial charge >= 0.3 is 0 Å². The minimum Gasteiger partial charge on any atom is -0.297 e. The normalized spacial score (nSPS) is 49.9. The number of hydrogen-bond acceptors (Lipinski definition) is 1. The first kappa shape index (κ1) is 15.9. The maximum absolute atomic E-state index is 12.9. The lowest BCUT2D eigenvalue weighted by Crippen LogP contribution is -2.49. The molecular weight excluding hydrogens is 404 g/mol. The largest absolute Gasteiger partial charge is 0.297 e. The molecule has 122 valence electrons. The van der Waals surface area contributed by atoms with Gasteiger partial charge in [-0.3, -0.25) is 4.79 Å². The summed E-state index contributed by atoms with van der Waals surface area (Å²) >= 11 is 7.37. The van der Waals surface area contributed by atoms with Gasteiger partial charge in [-0.15, -0.1) is 0 Å². The molecule has 0 amide bonds. The number of carbonyl (C=O) groups excluding carboxylic acids is 1. The monoisotopic (exact) mass is 428 g/mol. The van der Waals surface area contributed by atoms with Gasteiger partial charge in [-0.1, -0.05) is 63.8 Å². The Balaban J connectivity index is 1.73. The molecule has 4 aliphatic carbocycles. The predicted molar refractivity (Wildman–Crippen MR) is 97.3 cm³/mol. The molecule has 5 atom stereocenters. The molecule has 3 heteroatoms. The van der Waals surface area contributed by atoms with Crippen LogP contribution in [0.4, 0.5) is 0 Å². The van der Waals surface area contributed by atoms with Crippen LogP contribution in [0.1, 0.15) is 65.2 Å². The average Bonchev–Trinajstić information content (AvgIpc) is 2.66. The number of fused-ring (bicyclic) bond motifs is 5. The van der Waals surface area contributed by atoms with Gasteiger partial charge in [0.2, 0.25) is 0 Å². The van der Waals surface area contributed by atoms with Crippen LogP contribution in [0, 0.1) is 28.6 Å². The van der Waals surface area contributed by atoms with Crippen molar-refractivity contribution in [2.24, 2.45) is 28.6 Å². The SMILES string of the molecule is C[C@]12CCCCC1=CC[C@@H]1[C@@H]2CC[C@]2(C)C(=O)C(Br)(Br)C[C@@H]12. The summed E-state index contributed by atoms with van der Waals surface area (Å²) < 4.78 is -0.467. The van der Waals surface area contributed by atoms with E-state index in [-0.39, 0.29) is 5.41 Å². The van der Waals surface area contributed by atoms with E-state index < -0.39 is 3.23 Å². The number of alkyl halides is 2. The summed E-state index contributed by atoms with van der Waals surface area (Å²) in [5.74, 6) is 2.43. The Morgan fingerprint density at radius 2 is 1.86 bits per heavy atom. The molecule has 3 saturated carbocycles. The van der Waals surface area contributed by atoms with Gasteiger partial charge in [0.15, 0.2) is 5.78 Å². The van der Waals surface area contributed by atoms with Crippen molar-refractivity contribution in [3.05, 3.63) is 11.6 Å². The maximum atomic E-state index is 12.9. The van der Waals surface area contributed by atoms with Crippen molar-refractivity contribution in [3.8, 4) is 0 Å². The van der Waals surface area contributed by atoms with Crippen LogP contribution in [0.5, 0.6) is 0 Å². The van der Waals surface area contributed by atoms with Crippen LogP contribution in [-0.4, -0.2) is 9.02 Å². The van der Waals surface area contributed by atoms with Crippen LogP contribution >= 0.6 is 31.9 Å². The highest BCUT2D eigenvalue weighted by Crippen LogP contribution is 2.67. The summed E-state index contributed by atoms with van der Waals surface area (Å²) in [5, 5.41) is 0. The predicted octanol–water partition coefficient (Wildman–Crippen LogP) is 6.00. The maximum Gasteiger partial charge on any atom is 0.166 e. The lowest BCUT2D eigenvalue weighted by molar-refractivity contribution is -0.131. The third-order valence-corrected chi connectivity index (χ3v) is 9.10. The van der Waals surface area contributed by atoms with Crippen molar-refractivity contribution >= 4 is 37.6 Å². The van der Waals surface area contributed by atoms with Crippen LogP contribution < -0.4 is 0 Å². The third kappa shape index (κ3) is 1.96. The van der Waals surface area contributed by atoms with E-state index in [0.29, 0.717) is 23.0 Å². The molecule has 0 aliphatic heterocycles. The van der Waals surface area contributed by atoms with Crippen LogP contribution in [0.25, 0.3) is 0 Å². The minimum atomic E-state index is -0.467. The van der Waals surface area contributed by atoms with E-state index in [0.717, 1.165) is 18.8 Å². The van der Waals surface area contributed by atoms with Gasteiger partial charge in [0.05, 0.1) is 0 Å². The first-order valence-corrected chi connectivity index (χ1v) is 10.5.